The van der Waals surface area contributed by atoms with Crippen molar-refractivity contribution >= 4 is 11.9 Å². The lowest BCUT2D eigenvalue weighted by molar-refractivity contribution is -0.159. The highest BCUT2D eigenvalue weighted by Crippen LogP contribution is 2.14. The summed E-state index contributed by atoms with van der Waals surface area (Å²) in [5, 5.41) is 0. The normalized spacial score (nSPS) is 11.1. The first-order chi connectivity index (χ1) is 16.7. The van der Waals surface area contributed by atoms with Gasteiger partial charge in [-0.1, -0.05) is 162 Å². The lowest BCUT2D eigenvalue weighted by atomic mass is 10.0. The highest BCUT2D eigenvalue weighted by molar-refractivity contribution is 5.85. The molecule has 0 spiro atoms. The van der Waals surface area contributed by atoms with E-state index in [1.807, 2.05) is 0 Å². The molecule has 34 heavy (non-hydrogen) atoms. The summed E-state index contributed by atoms with van der Waals surface area (Å²) in [6, 6.07) is 0. The zero-order valence-corrected chi connectivity index (χ0v) is 23.3. The fraction of sp³-hybridized carbons (Fsp3) is 0.935. The second-order valence-corrected chi connectivity index (χ2v) is 10.5. The minimum absolute atomic E-state index is 0.327. The van der Waals surface area contributed by atoms with Crippen molar-refractivity contribution in [3.05, 3.63) is 0 Å². The Balaban J connectivity index is 3.29. The van der Waals surface area contributed by atoms with Gasteiger partial charge in [0.1, 0.15) is 0 Å². The van der Waals surface area contributed by atoms with Crippen LogP contribution in [0.5, 0.6) is 0 Å². The molecule has 0 aliphatic carbocycles. The van der Waals surface area contributed by atoms with Crippen molar-refractivity contribution in [3.63, 3.8) is 0 Å². The molecule has 0 atom stereocenters. The van der Waals surface area contributed by atoms with Gasteiger partial charge >= 0.3 is 11.9 Å². The molecule has 3 heteroatoms. The van der Waals surface area contributed by atoms with Crippen LogP contribution in [-0.2, 0) is 14.3 Å². The van der Waals surface area contributed by atoms with Gasteiger partial charge in [0, 0.05) is 12.8 Å². The van der Waals surface area contributed by atoms with E-state index >= 15 is 0 Å². The van der Waals surface area contributed by atoms with Crippen LogP contribution < -0.4 is 0 Å². The molecular formula is C31H60O3. The topological polar surface area (TPSA) is 43.4 Å². The van der Waals surface area contributed by atoms with Gasteiger partial charge in [0.2, 0.25) is 0 Å². The first-order valence-electron chi connectivity index (χ1n) is 15.4. The van der Waals surface area contributed by atoms with Crippen molar-refractivity contribution in [2.75, 3.05) is 0 Å². The maximum absolute atomic E-state index is 11.8. The van der Waals surface area contributed by atoms with Crippen molar-refractivity contribution in [2.24, 2.45) is 0 Å². The third kappa shape index (κ3) is 27.4. The van der Waals surface area contributed by atoms with E-state index in [4.69, 9.17) is 4.74 Å². The van der Waals surface area contributed by atoms with E-state index in [0.29, 0.717) is 12.8 Å². The fourth-order valence-corrected chi connectivity index (χ4v) is 4.63. The monoisotopic (exact) mass is 480 g/mol. The molecule has 0 unspecified atom stereocenters. The molecule has 0 saturated heterocycles. The van der Waals surface area contributed by atoms with Crippen LogP contribution >= 0.6 is 0 Å². The molecule has 0 bridgehead atoms. The molecule has 0 aromatic rings. The summed E-state index contributed by atoms with van der Waals surface area (Å²) < 4.78 is 4.98. The predicted octanol–water partition coefficient (Wildman–Crippen LogP) is 10.6. The molecule has 0 aromatic heterocycles. The van der Waals surface area contributed by atoms with Gasteiger partial charge in [-0.2, -0.15) is 0 Å². The van der Waals surface area contributed by atoms with Crippen LogP contribution in [-0.4, -0.2) is 11.9 Å². The van der Waals surface area contributed by atoms with Gasteiger partial charge in [-0.05, 0) is 12.8 Å². The van der Waals surface area contributed by atoms with Gasteiger partial charge < -0.3 is 4.74 Å². The summed E-state index contributed by atoms with van der Waals surface area (Å²) in [6.45, 7) is 4.53. The van der Waals surface area contributed by atoms with Crippen LogP contribution in [0.1, 0.15) is 187 Å². The van der Waals surface area contributed by atoms with E-state index < -0.39 is 0 Å². The quantitative estimate of drug-likeness (QED) is 0.0667. The Hall–Kier alpha value is -0.860. The molecule has 0 fully saturated rings. The molecule has 0 amide bonds. The highest BCUT2D eigenvalue weighted by atomic mass is 16.6. The number of rotatable bonds is 27. The van der Waals surface area contributed by atoms with Crippen molar-refractivity contribution in [1.82, 2.24) is 0 Å². The summed E-state index contributed by atoms with van der Waals surface area (Å²) in [4.78, 5) is 23.7. The van der Waals surface area contributed by atoms with Crippen LogP contribution in [0.25, 0.3) is 0 Å². The summed E-state index contributed by atoms with van der Waals surface area (Å²) in [5.74, 6) is -0.654. The maximum Gasteiger partial charge on any atom is 0.313 e. The number of carbonyl (C=O) groups is 2. The Bertz CT molecular complexity index is 432. The van der Waals surface area contributed by atoms with E-state index in [9.17, 15) is 9.59 Å². The number of esters is 2. The SMILES string of the molecule is CCCCCCCCCCCCCCCC(=O)OC(=O)CCCCCCCCCCCCCC. The van der Waals surface area contributed by atoms with Crippen molar-refractivity contribution in [1.29, 1.82) is 0 Å². The Labute approximate surface area is 213 Å². The fourth-order valence-electron chi connectivity index (χ4n) is 4.63. The molecular weight excluding hydrogens is 420 g/mol. The summed E-state index contributed by atoms with van der Waals surface area (Å²) >= 11 is 0. The van der Waals surface area contributed by atoms with Crippen molar-refractivity contribution < 1.29 is 14.3 Å². The minimum Gasteiger partial charge on any atom is -0.393 e. The molecule has 0 saturated carbocycles. The van der Waals surface area contributed by atoms with Crippen LogP contribution in [0.2, 0.25) is 0 Å². The van der Waals surface area contributed by atoms with Gasteiger partial charge in [0.05, 0.1) is 0 Å². The van der Waals surface area contributed by atoms with Crippen LogP contribution in [0, 0.1) is 0 Å². The predicted molar refractivity (Wildman–Crippen MR) is 147 cm³/mol. The average Bonchev–Trinajstić information content (AvgIpc) is 2.82. The Kier molecular flexibility index (Phi) is 27.7. The Morgan fingerprint density at radius 1 is 0.353 bits per heavy atom. The summed E-state index contributed by atoms with van der Waals surface area (Å²) in [6.07, 6.45) is 32.8. The van der Waals surface area contributed by atoms with Gasteiger partial charge in [-0.25, -0.2) is 0 Å². The zero-order valence-electron chi connectivity index (χ0n) is 23.3. The first-order valence-corrected chi connectivity index (χ1v) is 15.4. The molecule has 0 radical (unpaired) electrons. The van der Waals surface area contributed by atoms with E-state index in [0.717, 1.165) is 25.7 Å². The molecule has 0 aliphatic heterocycles. The van der Waals surface area contributed by atoms with E-state index in [2.05, 4.69) is 13.8 Å². The molecule has 0 aromatic carbocycles. The molecule has 0 heterocycles. The highest BCUT2D eigenvalue weighted by Gasteiger charge is 2.09. The number of hydrogen-bond donors (Lipinski definition) is 0. The number of ether oxygens (including phenoxy) is 1. The largest absolute Gasteiger partial charge is 0.393 e. The molecule has 3 nitrogen and oxygen atoms in total. The summed E-state index contributed by atoms with van der Waals surface area (Å²) in [5.41, 5.74) is 0. The Morgan fingerprint density at radius 3 is 0.794 bits per heavy atom. The van der Waals surface area contributed by atoms with Gasteiger partial charge in [0.15, 0.2) is 0 Å². The van der Waals surface area contributed by atoms with Crippen molar-refractivity contribution in [3.8, 4) is 0 Å². The number of carbonyl (C=O) groups excluding carboxylic acids is 2. The van der Waals surface area contributed by atoms with Crippen LogP contribution in [0.4, 0.5) is 0 Å². The lowest BCUT2D eigenvalue weighted by Gasteiger charge is -2.05. The molecule has 0 rings (SSSR count). The molecule has 202 valence electrons. The van der Waals surface area contributed by atoms with Crippen LogP contribution in [0.3, 0.4) is 0 Å². The first kappa shape index (κ1) is 33.1. The number of hydrogen-bond acceptors (Lipinski definition) is 3. The average molecular weight is 481 g/mol. The second kappa shape index (κ2) is 28.4. The lowest BCUT2D eigenvalue weighted by Crippen LogP contribution is -2.11. The molecule has 0 aliphatic rings. The van der Waals surface area contributed by atoms with Gasteiger partial charge in [-0.15, -0.1) is 0 Å². The standard InChI is InChI=1S/C31H60O3/c1-3-5-7-9-11-13-15-17-19-21-23-25-27-29-31(33)34-30(32)28-26-24-22-20-18-16-14-12-10-8-6-4-2/h3-29H2,1-2H3. The molecule has 0 N–H and O–H groups in total. The van der Waals surface area contributed by atoms with Crippen molar-refractivity contribution in [2.45, 2.75) is 187 Å². The summed E-state index contributed by atoms with van der Waals surface area (Å²) in [7, 11) is 0. The Morgan fingerprint density at radius 2 is 0.559 bits per heavy atom. The van der Waals surface area contributed by atoms with E-state index in [1.165, 1.54) is 135 Å². The van der Waals surface area contributed by atoms with Gasteiger partial charge in [0.25, 0.3) is 0 Å². The third-order valence-electron chi connectivity index (χ3n) is 6.95. The second-order valence-electron chi connectivity index (χ2n) is 10.5. The van der Waals surface area contributed by atoms with E-state index in [-0.39, 0.29) is 11.9 Å². The third-order valence-corrected chi connectivity index (χ3v) is 6.95. The number of unbranched alkanes of at least 4 members (excludes halogenated alkanes) is 23. The maximum atomic E-state index is 11.8. The van der Waals surface area contributed by atoms with Gasteiger partial charge in [-0.3, -0.25) is 9.59 Å². The zero-order chi connectivity index (χ0) is 25.0. The smallest absolute Gasteiger partial charge is 0.313 e. The van der Waals surface area contributed by atoms with E-state index in [1.54, 1.807) is 0 Å². The minimum atomic E-state index is -0.327. The van der Waals surface area contributed by atoms with Crippen LogP contribution in [0.15, 0.2) is 0 Å².